The smallest absolute Gasteiger partial charge is 0.201 e. The van der Waals surface area contributed by atoms with E-state index in [0.29, 0.717) is 12.6 Å². The van der Waals surface area contributed by atoms with Gasteiger partial charge < -0.3 is 15.0 Å². The second-order valence-corrected chi connectivity index (χ2v) is 5.98. The summed E-state index contributed by atoms with van der Waals surface area (Å²) in [5, 5.41) is 0. The van der Waals surface area contributed by atoms with Crippen molar-refractivity contribution in [3.8, 4) is 0 Å². The lowest BCUT2D eigenvalue weighted by molar-refractivity contribution is 0.164. The summed E-state index contributed by atoms with van der Waals surface area (Å²) >= 11 is 2.29. The highest BCUT2D eigenvalue weighted by atomic mass is 127. The molecular weight excluding hydrogens is 329 g/mol. The van der Waals surface area contributed by atoms with Crippen LogP contribution >= 0.6 is 22.6 Å². The standard InChI is InChI=1S/C12H14IN3O/c1-12(4-5-17-7-12)16-10-3-2-8(13)6-9(10)15-11(16)14/h2-3,6H,4-5,7H2,1H3,(H2,14,15). The number of hydrogen-bond donors (Lipinski definition) is 1. The van der Waals surface area contributed by atoms with Crippen LogP contribution in [0.25, 0.3) is 11.0 Å². The number of anilines is 1. The average molecular weight is 343 g/mol. The van der Waals surface area contributed by atoms with Gasteiger partial charge in [-0.2, -0.15) is 0 Å². The van der Waals surface area contributed by atoms with Gasteiger partial charge in [0.05, 0.1) is 23.2 Å². The minimum absolute atomic E-state index is 0.0639. The first-order chi connectivity index (χ1) is 8.10. The van der Waals surface area contributed by atoms with E-state index >= 15 is 0 Å². The zero-order valence-corrected chi connectivity index (χ0v) is 11.8. The number of hydrogen-bond acceptors (Lipinski definition) is 3. The lowest BCUT2D eigenvalue weighted by Gasteiger charge is -2.25. The molecule has 1 aliphatic rings. The zero-order chi connectivity index (χ0) is 12.0. The van der Waals surface area contributed by atoms with Gasteiger partial charge in [-0.1, -0.05) is 0 Å². The van der Waals surface area contributed by atoms with E-state index in [0.717, 1.165) is 24.1 Å². The summed E-state index contributed by atoms with van der Waals surface area (Å²) < 4.78 is 8.80. The Labute approximate surface area is 113 Å². The molecule has 1 aromatic carbocycles. The van der Waals surface area contributed by atoms with E-state index < -0.39 is 0 Å². The maximum absolute atomic E-state index is 6.06. The van der Waals surface area contributed by atoms with E-state index in [9.17, 15) is 0 Å². The number of imidazole rings is 1. The number of ether oxygens (including phenoxy) is 1. The van der Waals surface area contributed by atoms with Crippen molar-refractivity contribution >= 4 is 39.6 Å². The molecule has 1 atom stereocenters. The highest BCUT2D eigenvalue weighted by Crippen LogP contribution is 2.33. The van der Waals surface area contributed by atoms with Gasteiger partial charge in [0.2, 0.25) is 5.95 Å². The molecular formula is C12H14IN3O. The van der Waals surface area contributed by atoms with E-state index in [1.165, 1.54) is 3.57 Å². The summed E-state index contributed by atoms with van der Waals surface area (Å²) in [6, 6.07) is 6.23. The van der Waals surface area contributed by atoms with Gasteiger partial charge in [-0.15, -0.1) is 0 Å². The Bertz CT molecular complexity index is 572. The molecule has 2 heterocycles. The fraction of sp³-hybridized carbons (Fsp3) is 0.417. The Morgan fingerprint density at radius 1 is 1.53 bits per heavy atom. The Kier molecular flexibility index (Phi) is 2.55. The molecule has 0 amide bonds. The minimum atomic E-state index is -0.0639. The van der Waals surface area contributed by atoms with Crippen molar-refractivity contribution in [2.24, 2.45) is 0 Å². The van der Waals surface area contributed by atoms with Gasteiger partial charge in [-0.3, -0.25) is 0 Å². The molecule has 1 aliphatic heterocycles. The van der Waals surface area contributed by atoms with E-state index in [-0.39, 0.29) is 5.54 Å². The maximum atomic E-state index is 6.06. The Morgan fingerprint density at radius 3 is 3.06 bits per heavy atom. The molecule has 0 spiro atoms. The predicted molar refractivity (Wildman–Crippen MR) is 75.9 cm³/mol. The third kappa shape index (κ3) is 1.72. The lowest BCUT2D eigenvalue weighted by atomic mass is 10.0. The Morgan fingerprint density at radius 2 is 2.35 bits per heavy atom. The third-order valence-electron chi connectivity index (χ3n) is 3.38. The molecule has 0 bridgehead atoms. The molecule has 0 radical (unpaired) electrons. The van der Waals surface area contributed by atoms with Crippen LogP contribution in [0, 0.1) is 3.57 Å². The monoisotopic (exact) mass is 343 g/mol. The molecule has 0 saturated carbocycles. The van der Waals surface area contributed by atoms with Crippen LogP contribution < -0.4 is 5.73 Å². The molecule has 3 rings (SSSR count). The van der Waals surface area contributed by atoms with Crippen LogP contribution in [0.4, 0.5) is 5.95 Å². The first-order valence-corrected chi connectivity index (χ1v) is 6.70. The van der Waals surface area contributed by atoms with Crippen LogP contribution in [0.1, 0.15) is 13.3 Å². The highest BCUT2D eigenvalue weighted by molar-refractivity contribution is 14.1. The first kappa shape index (κ1) is 11.3. The van der Waals surface area contributed by atoms with Crippen LogP contribution in [0.3, 0.4) is 0 Å². The van der Waals surface area contributed by atoms with Crippen molar-refractivity contribution < 1.29 is 4.74 Å². The molecule has 2 N–H and O–H groups in total. The van der Waals surface area contributed by atoms with Crippen LogP contribution in [0.15, 0.2) is 18.2 Å². The Hall–Kier alpha value is -0.820. The summed E-state index contributed by atoms with van der Waals surface area (Å²) in [5.41, 5.74) is 8.05. The quantitative estimate of drug-likeness (QED) is 0.809. The SMILES string of the molecule is CC1(n2c(N)nc3cc(I)ccc32)CCOC1. The van der Waals surface area contributed by atoms with Crippen LogP contribution in [0.5, 0.6) is 0 Å². The molecule has 5 heteroatoms. The summed E-state index contributed by atoms with van der Waals surface area (Å²) in [5.74, 6) is 0.579. The van der Waals surface area contributed by atoms with E-state index in [1.54, 1.807) is 0 Å². The topological polar surface area (TPSA) is 53.1 Å². The van der Waals surface area contributed by atoms with Crippen molar-refractivity contribution in [1.29, 1.82) is 0 Å². The molecule has 1 fully saturated rings. The van der Waals surface area contributed by atoms with Crippen molar-refractivity contribution in [3.05, 3.63) is 21.8 Å². The van der Waals surface area contributed by atoms with Crippen molar-refractivity contribution in [1.82, 2.24) is 9.55 Å². The fourth-order valence-corrected chi connectivity index (χ4v) is 2.95. The van der Waals surface area contributed by atoms with Gasteiger partial charge in [0.15, 0.2) is 0 Å². The molecule has 1 unspecified atom stereocenters. The number of nitrogen functional groups attached to an aromatic ring is 1. The number of nitrogens with zero attached hydrogens (tertiary/aromatic N) is 2. The Balaban J connectivity index is 2.25. The summed E-state index contributed by atoms with van der Waals surface area (Å²) in [6.45, 7) is 3.67. The summed E-state index contributed by atoms with van der Waals surface area (Å²) in [6.07, 6.45) is 0.981. The normalized spacial score (nSPS) is 24.6. The van der Waals surface area contributed by atoms with E-state index in [2.05, 4.69) is 57.3 Å². The molecule has 2 aromatic rings. The minimum Gasteiger partial charge on any atom is -0.379 e. The predicted octanol–water partition coefficient (Wildman–Crippen LogP) is 2.36. The van der Waals surface area contributed by atoms with Gasteiger partial charge in [0.25, 0.3) is 0 Å². The second-order valence-electron chi connectivity index (χ2n) is 4.74. The van der Waals surface area contributed by atoms with Gasteiger partial charge in [0.1, 0.15) is 0 Å². The summed E-state index contributed by atoms with van der Waals surface area (Å²) in [4.78, 5) is 4.44. The number of rotatable bonds is 1. The van der Waals surface area contributed by atoms with Crippen LogP contribution in [-0.2, 0) is 10.3 Å². The van der Waals surface area contributed by atoms with Crippen molar-refractivity contribution in [2.45, 2.75) is 18.9 Å². The van der Waals surface area contributed by atoms with Gasteiger partial charge in [-0.25, -0.2) is 4.98 Å². The number of halogens is 1. The van der Waals surface area contributed by atoms with Crippen molar-refractivity contribution in [3.63, 3.8) is 0 Å². The van der Waals surface area contributed by atoms with Gasteiger partial charge in [-0.05, 0) is 54.1 Å². The molecule has 4 nitrogen and oxygen atoms in total. The van der Waals surface area contributed by atoms with Gasteiger partial charge >= 0.3 is 0 Å². The molecule has 0 aliphatic carbocycles. The van der Waals surface area contributed by atoms with Crippen molar-refractivity contribution in [2.75, 3.05) is 18.9 Å². The van der Waals surface area contributed by atoms with Crippen LogP contribution in [0.2, 0.25) is 0 Å². The lowest BCUT2D eigenvalue weighted by Crippen LogP contribution is -2.31. The molecule has 17 heavy (non-hydrogen) atoms. The average Bonchev–Trinajstić information content (AvgIpc) is 2.81. The third-order valence-corrected chi connectivity index (χ3v) is 4.05. The number of aromatic nitrogens is 2. The number of fused-ring (bicyclic) bond motifs is 1. The maximum Gasteiger partial charge on any atom is 0.201 e. The van der Waals surface area contributed by atoms with E-state index in [1.807, 2.05) is 0 Å². The molecule has 1 aromatic heterocycles. The number of nitrogens with two attached hydrogens (primary N) is 1. The number of benzene rings is 1. The highest BCUT2D eigenvalue weighted by Gasteiger charge is 2.34. The molecule has 90 valence electrons. The van der Waals surface area contributed by atoms with E-state index in [4.69, 9.17) is 10.5 Å². The fourth-order valence-electron chi connectivity index (χ4n) is 2.47. The second kappa shape index (κ2) is 3.84. The van der Waals surface area contributed by atoms with Crippen LogP contribution in [-0.4, -0.2) is 22.8 Å². The van der Waals surface area contributed by atoms with Gasteiger partial charge in [0, 0.05) is 10.2 Å². The zero-order valence-electron chi connectivity index (χ0n) is 9.61. The first-order valence-electron chi connectivity index (χ1n) is 5.62. The largest absolute Gasteiger partial charge is 0.379 e. The molecule has 1 saturated heterocycles. The summed E-state index contributed by atoms with van der Waals surface area (Å²) in [7, 11) is 0.